The lowest BCUT2D eigenvalue weighted by molar-refractivity contribution is 0.134. The van der Waals surface area contributed by atoms with E-state index in [1.54, 1.807) is 0 Å². The van der Waals surface area contributed by atoms with Crippen molar-refractivity contribution in [3.63, 3.8) is 0 Å². The molecule has 0 aliphatic carbocycles. The van der Waals surface area contributed by atoms with Crippen LogP contribution < -0.4 is 5.90 Å². The largest absolute Gasteiger partial charge is 0.303 e. The number of nitrogens with two attached hydrogens (primary N) is 1. The first-order valence-electron chi connectivity index (χ1n) is 3.70. The minimum atomic E-state index is -2.89. The molecule has 1 saturated heterocycles. The summed E-state index contributed by atoms with van der Waals surface area (Å²) < 4.78 is 22.5. The molecular weight excluding hydrogens is 166 g/mol. The Morgan fingerprint density at radius 3 is 2.73 bits per heavy atom. The third-order valence-electron chi connectivity index (χ3n) is 1.99. The van der Waals surface area contributed by atoms with E-state index in [1.165, 1.54) is 0 Å². The van der Waals surface area contributed by atoms with E-state index < -0.39 is 9.84 Å². The molecule has 0 amide bonds. The van der Waals surface area contributed by atoms with Crippen LogP contribution in [0.5, 0.6) is 0 Å². The molecule has 4 nitrogen and oxygen atoms in total. The van der Waals surface area contributed by atoms with Crippen molar-refractivity contribution >= 4 is 9.84 Å². The van der Waals surface area contributed by atoms with Gasteiger partial charge >= 0.3 is 0 Å². The first-order chi connectivity index (χ1) is 5.17. The molecule has 1 unspecified atom stereocenters. The molecule has 1 heterocycles. The van der Waals surface area contributed by atoms with Crippen molar-refractivity contribution in [2.24, 2.45) is 5.90 Å². The van der Waals surface area contributed by atoms with Crippen LogP contribution in [-0.4, -0.2) is 26.0 Å². The van der Waals surface area contributed by atoms with Gasteiger partial charge in [-0.3, -0.25) is 0 Å². The van der Waals surface area contributed by atoms with Crippen molar-refractivity contribution < 1.29 is 13.3 Å². The lowest BCUT2D eigenvalue weighted by Gasteiger charge is -2.20. The maximum Gasteiger partial charge on any atom is 0.155 e. The molecule has 0 saturated carbocycles. The Bertz CT molecular complexity index is 210. The van der Waals surface area contributed by atoms with Gasteiger partial charge in [-0.2, -0.15) is 0 Å². The van der Waals surface area contributed by atoms with E-state index in [0.717, 1.165) is 12.8 Å². The van der Waals surface area contributed by atoms with Crippen molar-refractivity contribution in [3.05, 3.63) is 0 Å². The minimum Gasteiger partial charge on any atom is -0.303 e. The van der Waals surface area contributed by atoms with Crippen LogP contribution in [0.15, 0.2) is 0 Å². The standard InChI is InChI=1S/C6H13NO3S/c7-10-5-6-3-1-2-4-11(6,8)9/h6H,1-5,7H2. The first-order valence-corrected chi connectivity index (χ1v) is 5.41. The summed E-state index contributed by atoms with van der Waals surface area (Å²) in [6, 6.07) is 0. The van der Waals surface area contributed by atoms with Crippen LogP contribution in [0, 0.1) is 0 Å². The normalized spacial score (nSPS) is 30.1. The predicted octanol–water partition coefficient (Wildman–Crippen LogP) is -0.156. The lowest BCUT2D eigenvalue weighted by atomic mass is 10.2. The van der Waals surface area contributed by atoms with E-state index in [-0.39, 0.29) is 11.9 Å². The first kappa shape index (κ1) is 8.96. The van der Waals surface area contributed by atoms with Crippen molar-refractivity contribution in [2.45, 2.75) is 24.5 Å². The van der Waals surface area contributed by atoms with Crippen molar-refractivity contribution in [3.8, 4) is 0 Å². The van der Waals surface area contributed by atoms with Gasteiger partial charge in [-0.25, -0.2) is 14.3 Å². The zero-order valence-corrected chi connectivity index (χ0v) is 7.14. The van der Waals surface area contributed by atoms with Gasteiger partial charge in [-0.15, -0.1) is 0 Å². The number of hydrogen-bond acceptors (Lipinski definition) is 4. The Morgan fingerprint density at radius 2 is 2.18 bits per heavy atom. The number of sulfone groups is 1. The summed E-state index contributed by atoms with van der Waals surface area (Å²) in [4.78, 5) is 4.34. The third kappa shape index (κ3) is 2.15. The molecule has 0 aromatic rings. The fourth-order valence-corrected chi connectivity index (χ4v) is 3.07. The van der Waals surface area contributed by atoms with Crippen LogP contribution in [0.3, 0.4) is 0 Å². The summed E-state index contributed by atoms with van der Waals surface area (Å²) in [6.45, 7) is 0.141. The maximum absolute atomic E-state index is 11.2. The fraction of sp³-hybridized carbons (Fsp3) is 1.00. The summed E-state index contributed by atoms with van der Waals surface area (Å²) >= 11 is 0. The van der Waals surface area contributed by atoms with Crippen LogP contribution in [0.25, 0.3) is 0 Å². The Hall–Kier alpha value is -0.130. The zero-order valence-electron chi connectivity index (χ0n) is 6.32. The van der Waals surface area contributed by atoms with Crippen LogP contribution in [0.2, 0.25) is 0 Å². The maximum atomic E-state index is 11.2. The van der Waals surface area contributed by atoms with Gasteiger partial charge in [0.2, 0.25) is 0 Å². The lowest BCUT2D eigenvalue weighted by Crippen LogP contribution is -2.33. The van der Waals surface area contributed by atoms with Gasteiger partial charge in [-0.1, -0.05) is 6.42 Å². The van der Waals surface area contributed by atoms with E-state index in [1.807, 2.05) is 0 Å². The second-order valence-electron chi connectivity index (χ2n) is 2.82. The molecule has 1 rings (SSSR count). The highest BCUT2D eigenvalue weighted by atomic mass is 32.2. The molecule has 0 bridgehead atoms. The second-order valence-corrected chi connectivity index (χ2v) is 5.22. The van der Waals surface area contributed by atoms with Gasteiger partial charge in [0.1, 0.15) is 0 Å². The molecule has 1 fully saturated rings. The van der Waals surface area contributed by atoms with Crippen LogP contribution >= 0.6 is 0 Å². The van der Waals surface area contributed by atoms with Gasteiger partial charge in [-0.05, 0) is 12.8 Å². The van der Waals surface area contributed by atoms with E-state index in [4.69, 9.17) is 5.90 Å². The molecular formula is C6H13NO3S. The average molecular weight is 179 g/mol. The van der Waals surface area contributed by atoms with Crippen molar-refractivity contribution in [2.75, 3.05) is 12.4 Å². The van der Waals surface area contributed by atoms with Gasteiger partial charge < -0.3 is 4.84 Å². The molecule has 0 aromatic heterocycles. The van der Waals surface area contributed by atoms with Gasteiger partial charge in [0.25, 0.3) is 0 Å². The highest BCUT2D eigenvalue weighted by Gasteiger charge is 2.28. The van der Waals surface area contributed by atoms with Gasteiger partial charge in [0.05, 0.1) is 17.6 Å². The van der Waals surface area contributed by atoms with E-state index in [0.29, 0.717) is 12.2 Å². The zero-order chi connectivity index (χ0) is 8.32. The quantitative estimate of drug-likeness (QED) is 0.598. The van der Waals surface area contributed by atoms with E-state index >= 15 is 0 Å². The summed E-state index contributed by atoms with van der Waals surface area (Å²) in [5.41, 5.74) is 0. The molecule has 11 heavy (non-hydrogen) atoms. The van der Waals surface area contributed by atoms with Crippen molar-refractivity contribution in [1.82, 2.24) is 0 Å². The average Bonchev–Trinajstić information content (AvgIpc) is 1.94. The summed E-state index contributed by atoms with van der Waals surface area (Å²) in [5.74, 6) is 5.11. The number of rotatable bonds is 2. The molecule has 1 aliphatic heterocycles. The third-order valence-corrected chi connectivity index (χ3v) is 4.24. The molecule has 5 heteroatoms. The minimum absolute atomic E-state index is 0.141. The smallest absolute Gasteiger partial charge is 0.155 e. The fourth-order valence-electron chi connectivity index (χ4n) is 1.32. The SMILES string of the molecule is NOCC1CCCCS1(=O)=O. The topological polar surface area (TPSA) is 69.4 Å². The molecule has 0 aromatic carbocycles. The van der Waals surface area contributed by atoms with Crippen molar-refractivity contribution in [1.29, 1.82) is 0 Å². The van der Waals surface area contributed by atoms with E-state index in [9.17, 15) is 8.42 Å². The highest BCUT2D eigenvalue weighted by Crippen LogP contribution is 2.18. The number of hydrogen-bond donors (Lipinski definition) is 1. The molecule has 0 spiro atoms. The molecule has 2 N–H and O–H groups in total. The van der Waals surface area contributed by atoms with E-state index in [2.05, 4.69) is 4.84 Å². The summed E-state index contributed by atoms with van der Waals surface area (Å²) in [6.07, 6.45) is 2.44. The molecule has 66 valence electrons. The highest BCUT2D eigenvalue weighted by molar-refractivity contribution is 7.92. The molecule has 1 aliphatic rings. The Morgan fingerprint density at radius 1 is 1.45 bits per heavy atom. The van der Waals surface area contributed by atoms with Gasteiger partial charge in [0, 0.05) is 0 Å². The van der Waals surface area contributed by atoms with Gasteiger partial charge in [0.15, 0.2) is 9.84 Å². The Kier molecular flexibility index (Phi) is 2.86. The van der Waals surface area contributed by atoms with Crippen LogP contribution in [0.4, 0.5) is 0 Å². The van der Waals surface area contributed by atoms with Crippen LogP contribution in [0.1, 0.15) is 19.3 Å². The monoisotopic (exact) mass is 179 g/mol. The summed E-state index contributed by atoms with van der Waals surface area (Å²) in [7, 11) is -2.89. The van der Waals surface area contributed by atoms with Crippen LogP contribution in [-0.2, 0) is 14.7 Å². The Labute approximate surface area is 66.6 Å². The summed E-state index contributed by atoms with van der Waals surface area (Å²) in [5, 5.41) is -0.360. The molecule has 0 radical (unpaired) electrons. The predicted molar refractivity (Wildman–Crippen MR) is 41.6 cm³/mol. The second kappa shape index (κ2) is 3.51. The molecule has 1 atom stereocenters. The Balaban J connectivity index is 2.60.